The van der Waals surface area contributed by atoms with Crippen LogP contribution >= 0.6 is 0 Å². The first-order valence-electron chi connectivity index (χ1n) is 5.71. The van der Waals surface area contributed by atoms with Gasteiger partial charge in [0.25, 0.3) is 11.7 Å². The number of Topliss-reactive ketones (excluding diaryl/α,β-unsaturated/α-hetero) is 1. The van der Waals surface area contributed by atoms with Gasteiger partial charge in [0, 0.05) is 0 Å². The highest BCUT2D eigenvalue weighted by Crippen LogP contribution is 2.30. The number of hydrogen-bond donors (Lipinski definition) is 0. The van der Waals surface area contributed by atoms with Crippen molar-refractivity contribution in [1.29, 1.82) is 0 Å². The molecule has 0 saturated heterocycles. The maximum Gasteiger partial charge on any atom is 0.328 e. The molecule has 18 heavy (non-hydrogen) atoms. The van der Waals surface area contributed by atoms with Gasteiger partial charge in [0.05, 0.1) is 17.9 Å². The molecule has 1 aliphatic heterocycles. The first kappa shape index (κ1) is 12.3. The van der Waals surface area contributed by atoms with Crippen LogP contribution in [0.1, 0.15) is 24.2 Å². The van der Waals surface area contributed by atoms with Crippen molar-refractivity contribution in [3.05, 3.63) is 29.8 Å². The number of ether oxygens (including phenoxy) is 1. The number of carbonyl (C=O) groups excluding carboxylic acids is 3. The summed E-state index contributed by atoms with van der Waals surface area (Å²) < 4.78 is 4.87. The Morgan fingerprint density at radius 1 is 1.33 bits per heavy atom. The maximum absolute atomic E-state index is 11.9. The number of anilines is 1. The maximum atomic E-state index is 11.9. The number of benzene rings is 1. The minimum absolute atomic E-state index is 0.237. The Kier molecular flexibility index (Phi) is 3.14. The average Bonchev–Trinajstić information content (AvgIpc) is 2.62. The van der Waals surface area contributed by atoms with Crippen LogP contribution < -0.4 is 4.90 Å². The molecule has 0 radical (unpaired) electrons. The number of fused-ring (bicyclic) bond motifs is 1. The highest BCUT2D eigenvalue weighted by Gasteiger charge is 2.40. The third-order valence-electron chi connectivity index (χ3n) is 2.84. The standard InChI is InChI=1S/C13H13NO4/c1-3-18-13(17)8(2)14-10-7-5-4-6-9(10)11(15)12(14)16/h4-8H,3H2,1-2H3. The Labute approximate surface area is 104 Å². The Morgan fingerprint density at radius 2 is 2.00 bits per heavy atom. The van der Waals surface area contributed by atoms with E-state index in [1.807, 2.05) is 0 Å². The van der Waals surface area contributed by atoms with Crippen molar-refractivity contribution in [3.63, 3.8) is 0 Å². The number of hydrogen-bond acceptors (Lipinski definition) is 4. The van der Waals surface area contributed by atoms with Crippen molar-refractivity contribution in [2.75, 3.05) is 11.5 Å². The second-order valence-corrected chi connectivity index (χ2v) is 3.95. The molecule has 0 aromatic heterocycles. The highest BCUT2D eigenvalue weighted by molar-refractivity contribution is 6.52. The molecule has 0 N–H and O–H groups in total. The van der Waals surface area contributed by atoms with Crippen LogP contribution in [-0.4, -0.2) is 30.3 Å². The number of ketones is 1. The van der Waals surface area contributed by atoms with Crippen molar-refractivity contribution in [1.82, 2.24) is 0 Å². The van der Waals surface area contributed by atoms with Gasteiger partial charge in [0.2, 0.25) is 0 Å². The molecule has 1 unspecified atom stereocenters. The Bertz CT molecular complexity index is 523. The fourth-order valence-corrected chi connectivity index (χ4v) is 1.96. The molecule has 5 heteroatoms. The molecule has 0 spiro atoms. The summed E-state index contributed by atoms with van der Waals surface area (Å²) >= 11 is 0. The molecule has 1 aromatic rings. The van der Waals surface area contributed by atoms with E-state index in [1.165, 1.54) is 4.90 Å². The Morgan fingerprint density at radius 3 is 2.67 bits per heavy atom. The first-order valence-corrected chi connectivity index (χ1v) is 5.71. The van der Waals surface area contributed by atoms with Gasteiger partial charge in [-0.05, 0) is 26.0 Å². The summed E-state index contributed by atoms with van der Waals surface area (Å²) in [4.78, 5) is 36.5. The smallest absolute Gasteiger partial charge is 0.328 e. The van der Waals surface area contributed by atoms with Gasteiger partial charge in [-0.3, -0.25) is 14.5 Å². The number of rotatable bonds is 3. The summed E-state index contributed by atoms with van der Waals surface area (Å²) in [7, 11) is 0. The summed E-state index contributed by atoms with van der Waals surface area (Å²) in [6.07, 6.45) is 0. The fraction of sp³-hybridized carbons (Fsp3) is 0.308. The van der Waals surface area contributed by atoms with Crippen molar-refractivity contribution in [2.24, 2.45) is 0 Å². The molecule has 1 amide bonds. The summed E-state index contributed by atoms with van der Waals surface area (Å²) in [5, 5.41) is 0. The molecule has 94 valence electrons. The monoisotopic (exact) mass is 247 g/mol. The second kappa shape index (κ2) is 4.60. The van der Waals surface area contributed by atoms with Crippen molar-refractivity contribution >= 4 is 23.3 Å². The molecular formula is C13H13NO4. The number of nitrogens with zero attached hydrogens (tertiary/aromatic N) is 1. The van der Waals surface area contributed by atoms with Gasteiger partial charge in [-0.15, -0.1) is 0 Å². The zero-order chi connectivity index (χ0) is 13.3. The van der Waals surface area contributed by atoms with Crippen LogP contribution in [0.2, 0.25) is 0 Å². The number of esters is 1. The third-order valence-corrected chi connectivity index (χ3v) is 2.84. The number of para-hydroxylation sites is 1. The first-order chi connectivity index (χ1) is 8.57. The molecule has 1 atom stereocenters. The van der Waals surface area contributed by atoms with Crippen LogP contribution in [0.15, 0.2) is 24.3 Å². The molecule has 1 aliphatic rings. The highest BCUT2D eigenvalue weighted by atomic mass is 16.5. The van der Waals surface area contributed by atoms with E-state index in [2.05, 4.69) is 0 Å². The zero-order valence-electron chi connectivity index (χ0n) is 10.2. The van der Waals surface area contributed by atoms with Gasteiger partial charge < -0.3 is 4.74 Å². The quantitative estimate of drug-likeness (QED) is 0.594. The van der Waals surface area contributed by atoms with Gasteiger partial charge >= 0.3 is 5.97 Å². The third kappa shape index (κ3) is 1.77. The largest absolute Gasteiger partial charge is 0.464 e. The SMILES string of the molecule is CCOC(=O)C(C)N1C(=O)C(=O)c2ccccc21. The van der Waals surface area contributed by atoms with Crippen LogP contribution in [0, 0.1) is 0 Å². The topological polar surface area (TPSA) is 63.7 Å². The normalized spacial score (nSPS) is 15.6. The van der Waals surface area contributed by atoms with Crippen LogP contribution in [0.4, 0.5) is 5.69 Å². The molecule has 1 heterocycles. The van der Waals surface area contributed by atoms with Crippen molar-refractivity contribution in [2.45, 2.75) is 19.9 Å². The van der Waals surface area contributed by atoms with E-state index in [0.717, 1.165) is 0 Å². The van der Waals surface area contributed by atoms with E-state index < -0.39 is 23.7 Å². The molecule has 2 rings (SSSR count). The van der Waals surface area contributed by atoms with Crippen molar-refractivity contribution < 1.29 is 19.1 Å². The number of amides is 1. The summed E-state index contributed by atoms with van der Waals surface area (Å²) in [5.41, 5.74) is 0.798. The minimum atomic E-state index is -0.801. The Balaban J connectivity index is 2.37. The lowest BCUT2D eigenvalue weighted by atomic mass is 10.1. The molecule has 1 aromatic carbocycles. The number of carbonyl (C=O) groups is 3. The van der Waals surface area contributed by atoms with Crippen molar-refractivity contribution in [3.8, 4) is 0 Å². The summed E-state index contributed by atoms with van der Waals surface area (Å²) in [5.74, 6) is -1.78. The van der Waals surface area contributed by atoms with Crippen LogP contribution in [0.3, 0.4) is 0 Å². The van der Waals surface area contributed by atoms with Gasteiger partial charge in [-0.1, -0.05) is 12.1 Å². The zero-order valence-corrected chi connectivity index (χ0v) is 10.2. The van der Waals surface area contributed by atoms with Gasteiger partial charge in [-0.25, -0.2) is 4.79 Å². The van der Waals surface area contributed by atoms with Crippen LogP contribution in [-0.2, 0) is 14.3 Å². The van der Waals surface area contributed by atoms with E-state index in [9.17, 15) is 14.4 Å². The molecule has 0 saturated carbocycles. The lowest BCUT2D eigenvalue weighted by molar-refractivity contribution is -0.145. The predicted molar refractivity (Wildman–Crippen MR) is 64.4 cm³/mol. The molecular weight excluding hydrogens is 234 g/mol. The van der Waals surface area contributed by atoms with Gasteiger partial charge in [-0.2, -0.15) is 0 Å². The lowest BCUT2D eigenvalue weighted by Crippen LogP contribution is -2.43. The lowest BCUT2D eigenvalue weighted by Gasteiger charge is -2.22. The summed E-state index contributed by atoms with van der Waals surface area (Å²) in [6.45, 7) is 3.47. The van der Waals surface area contributed by atoms with Crippen LogP contribution in [0.5, 0.6) is 0 Å². The van der Waals surface area contributed by atoms with E-state index >= 15 is 0 Å². The van der Waals surface area contributed by atoms with E-state index in [4.69, 9.17) is 4.74 Å². The van der Waals surface area contributed by atoms with E-state index in [1.54, 1.807) is 38.1 Å². The Hall–Kier alpha value is -2.17. The molecule has 5 nitrogen and oxygen atoms in total. The van der Waals surface area contributed by atoms with Gasteiger partial charge in [0.15, 0.2) is 0 Å². The fourth-order valence-electron chi connectivity index (χ4n) is 1.96. The van der Waals surface area contributed by atoms with Gasteiger partial charge in [0.1, 0.15) is 6.04 Å². The van der Waals surface area contributed by atoms with E-state index in [0.29, 0.717) is 11.3 Å². The molecule has 0 bridgehead atoms. The van der Waals surface area contributed by atoms with E-state index in [-0.39, 0.29) is 6.61 Å². The summed E-state index contributed by atoms with van der Waals surface area (Å²) in [6, 6.07) is 5.82. The average molecular weight is 247 g/mol. The predicted octanol–water partition coefficient (Wildman–Crippen LogP) is 1.17. The minimum Gasteiger partial charge on any atom is -0.464 e. The molecule has 0 aliphatic carbocycles. The second-order valence-electron chi connectivity index (χ2n) is 3.95. The molecule has 0 fully saturated rings. The van der Waals surface area contributed by atoms with Crippen LogP contribution in [0.25, 0.3) is 0 Å².